The number of halogens is 1. The highest BCUT2D eigenvalue weighted by molar-refractivity contribution is 7.98. The van der Waals surface area contributed by atoms with Gasteiger partial charge in [-0.25, -0.2) is 4.98 Å². The van der Waals surface area contributed by atoms with Crippen LogP contribution in [0.5, 0.6) is 11.6 Å². The van der Waals surface area contributed by atoms with Crippen LogP contribution in [0.2, 0.25) is 5.02 Å². The number of hydrogen-bond acceptors (Lipinski definition) is 5. The minimum absolute atomic E-state index is 0.507. The summed E-state index contributed by atoms with van der Waals surface area (Å²) in [5.74, 6) is 1.86. The molecule has 0 amide bonds. The van der Waals surface area contributed by atoms with E-state index in [-0.39, 0.29) is 0 Å². The number of ether oxygens (including phenoxy) is 1. The van der Waals surface area contributed by atoms with Crippen molar-refractivity contribution in [1.82, 2.24) is 9.97 Å². The molecule has 130 valence electrons. The Morgan fingerprint density at radius 3 is 2.65 bits per heavy atom. The fourth-order valence-corrected chi connectivity index (χ4v) is 3.19. The number of nitriles is 1. The molecule has 0 aliphatic heterocycles. The number of aryl methyl sites for hydroxylation is 1. The van der Waals surface area contributed by atoms with Gasteiger partial charge >= 0.3 is 0 Å². The molecule has 0 N–H and O–H groups in total. The molecule has 0 aliphatic carbocycles. The minimum Gasteiger partial charge on any atom is -0.439 e. The van der Waals surface area contributed by atoms with Crippen LogP contribution in [-0.2, 0) is 12.2 Å². The first-order valence-electron chi connectivity index (χ1n) is 8.09. The highest BCUT2D eigenvalue weighted by atomic mass is 35.5. The third kappa shape index (κ3) is 4.98. The topological polar surface area (TPSA) is 58.8 Å². The summed E-state index contributed by atoms with van der Waals surface area (Å²) in [4.78, 5) is 9.04. The number of thioether (sulfide) groups is 1. The zero-order chi connectivity index (χ0) is 18.4. The van der Waals surface area contributed by atoms with Crippen molar-refractivity contribution in [1.29, 1.82) is 5.26 Å². The molecule has 0 aliphatic rings. The van der Waals surface area contributed by atoms with Crippen molar-refractivity contribution in [2.75, 3.05) is 0 Å². The number of hydrogen-bond donors (Lipinski definition) is 0. The van der Waals surface area contributed by atoms with Crippen LogP contribution in [0.25, 0.3) is 0 Å². The molecule has 0 fully saturated rings. The van der Waals surface area contributed by atoms with Crippen LogP contribution in [0.1, 0.15) is 23.7 Å². The maximum Gasteiger partial charge on any atom is 0.223 e. The average Bonchev–Trinajstić information content (AvgIpc) is 2.68. The quantitative estimate of drug-likeness (QED) is 0.408. The Hall–Kier alpha value is -2.55. The van der Waals surface area contributed by atoms with E-state index < -0.39 is 0 Å². The zero-order valence-electron chi connectivity index (χ0n) is 14.1. The largest absolute Gasteiger partial charge is 0.439 e. The van der Waals surface area contributed by atoms with E-state index >= 15 is 0 Å². The first kappa shape index (κ1) is 18.2. The van der Waals surface area contributed by atoms with Crippen molar-refractivity contribution >= 4 is 23.4 Å². The summed E-state index contributed by atoms with van der Waals surface area (Å²) in [5.41, 5.74) is 2.62. The molecule has 0 radical (unpaired) electrons. The van der Waals surface area contributed by atoms with Gasteiger partial charge in [0.1, 0.15) is 5.75 Å². The highest BCUT2D eigenvalue weighted by Gasteiger charge is 2.08. The molecule has 1 heterocycles. The van der Waals surface area contributed by atoms with Crippen LogP contribution in [0.4, 0.5) is 0 Å². The van der Waals surface area contributed by atoms with Gasteiger partial charge in [-0.1, -0.05) is 42.4 Å². The summed E-state index contributed by atoms with van der Waals surface area (Å²) in [7, 11) is 0. The summed E-state index contributed by atoms with van der Waals surface area (Å²) in [5, 5.41) is 10.3. The predicted octanol–water partition coefficient (Wildman–Crippen LogP) is 5.65. The second kappa shape index (κ2) is 8.70. The van der Waals surface area contributed by atoms with Gasteiger partial charge in [0.05, 0.1) is 11.6 Å². The van der Waals surface area contributed by atoms with E-state index in [1.165, 1.54) is 11.8 Å². The Morgan fingerprint density at radius 1 is 1.12 bits per heavy atom. The van der Waals surface area contributed by atoms with E-state index in [4.69, 9.17) is 21.6 Å². The average molecular weight is 382 g/mol. The SMILES string of the molecule is CCc1cc(Oc2ccc(Cl)cc2)nc(SCc2cccc(C#N)c2)n1. The Balaban J connectivity index is 1.76. The van der Waals surface area contributed by atoms with E-state index in [1.54, 1.807) is 30.3 Å². The van der Waals surface area contributed by atoms with Crippen molar-refractivity contribution in [2.45, 2.75) is 24.3 Å². The molecule has 1 aromatic heterocycles. The fourth-order valence-electron chi connectivity index (χ4n) is 2.25. The van der Waals surface area contributed by atoms with E-state index in [0.717, 1.165) is 17.7 Å². The lowest BCUT2D eigenvalue weighted by molar-refractivity contribution is 0.454. The normalized spacial score (nSPS) is 10.3. The van der Waals surface area contributed by atoms with Crippen LogP contribution >= 0.6 is 23.4 Å². The first-order valence-corrected chi connectivity index (χ1v) is 9.46. The van der Waals surface area contributed by atoms with Gasteiger partial charge in [-0.05, 0) is 48.4 Å². The molecule has 0 bridgehead atoms. The number of benzene rings is 2. The van der Waals surface area contributed by atoms with E-state index in [9.17, 15) is 0 Å². The van der Waals surface area contributed by atoms with Gasteiger partial charge in [-0.15, -0.1) is 0 Å². The maximum absolute atomic E-state index is 9.00. The van der Waals surface area contributed by atoms with Crippen molar-refractivity contribution in [3.05, 3.63) is 76.4 Å². The van der Waals surface area contributed by atoms with E-state index in [2.05, 4.69) is 16.0 Å². The molecule has 0 saturated heterocycles. The molecular weight excluding hydrogens is 366 g/mol. The van der Waals surface area contributed by atoms with Crippen molar-refractivity contribution < 1.29 is 4.74 Å². The van der Waals surface area contributed by atoms with Crippen LogP contribution in [-0.4, -0.2) is 9.97 Å². The van der Waals surface area contributed by atoms with Crippen molar-refractivity contribution in [2.24, 2.45) is 0 Å². The van der Waals surface area contributed by atoms with Gasteiger partial charge in [-0.3, -0.25) is 0 Å². The van der Waals surface area contributed by atoms with Gasteiger partial charge in [0.2, 0.25) is 5.88 Å². The molecular formula is C20H16ClN3OS. The summed E-state index contributed by atoms with van der Waals surface area (Å²) >= 11 is 7.42. The summed E-state index contributed by atoms with van der Waals surface area (Å²) in [6, 6.07) is 18.7. The smallest absolute Gasteiger partial charge is 0.223 e. The van der Waals surface area contributed by atoms with Gasteiger partial charge in [0.15, 0.2) is 5.16 Å². The predicted molar refractivity (Wildman–Crippen MR) is 104 cm³/mol. The van der Waals surface area contributed by atoms with E-state index in [1.807, 2.05) is 31.2 Å². The molecule has 3 rings (SSSR count). The molecule has 6 heteroatoms. The zero-order valence-corrected chi connectivity index (χ0v) is 15.7. The van der Waals surface area contributed by atoms with Crippen LogP contribution in [0.3, 0.4) is 0 Å². The molecule has 0 atom stereocenters. The second-order valence-electron chi connectivity index (χ2n) is 5.49. The highest BCUT2D eigenvalue weighted by Crippen LogP contribution is 2.26. The summed E-state index contributed by atoms with van der Waals surface area (Å²) < 4.78 is 5.84. The van der Waals surface area contributed by atoms with Crippen molar-refractivity contribution in [3.63, 3.8) is 0 Å². The van der Waals surface area contributed by atoms with Crippen LogP contribution in [0, 0.1) is 11.3 Å². The third-order valence-electron chi connectivity index (χ3n) is 3.56. The summed E-state index contributed by atoms with van der Waals surface area (Å²) in [6.45, 7) is 2.04. The fraction of sp³-hybridized carbons (Fsp3) is 0.150. The third-order valence-corrected chi connectivity index (χ3v) is 4.73. The summed E-state index contributed by atoms with van der Waals surface area (Å²) in [6.07, 6.45) is 0.789. The maximum atomic E-state index is 9.00. The lowest BCUT2D eigenvalue weighted by atomic mass is 10.2. The first-order chi connectivity index (χ1) is 12.7. The molecule has 0 saturated carbocycles. The lowest BCUT2D eigenvalue weighted by Crippen LogP contribution is -1.97. The Bertz CT molecular complexity index is 939. The second-order valence-corrected chi connectivity index (χ2v) is 6.87. The van der Waals surface area contributed by atoms with Gasteiger partial charge in [-0.2, -0.15) is 10.2 Å². The molecule has 3 aromatic rings. The van der Waals surface area contributed by atoms with Crippen LogP contribution in [0.15, 0.2) is 59.8 Å². The number of aromatic nitrogens is 2. The molecule has 0 unspecified atom stereocenters. The van der Waals surface area contributed by atoms with Gasteiger partial charge < -0.3 is 4.74 Å². The molecule has 26 heavy (non-hydrogen) atoms. The van der Waals surface area contributed by atoms with Crippen molar-refractivity contribution in [3.8, 4) is 17.7 Å². The Labute approximate surface area is 161 Å². The Morgan fingerprint density at radius 2 is 1.92 bits per heavy atom. The number of nitrogens with zero attached hydrogens (tertiary/aromatic N) is 3. The lowest BCUT2D eigenvalue weighted by Gasteiger charge is -2.09. The van der Waals surface area contributed by atoms with Gasteiger partial charge in [0.25, 0.3) is 0 Å². The monoisotopic (exact) mass is 381 g/mol. The van der Waals surface area contributed by atoms with E-state index in [0.29, 0.717) is 33.1 Å². The standard InChI is InChI=1S/C20H16ClN3OS/c1-2-17-11-19(25-18-8-6-16(21)7-9-18)24-20(23-17)26-13-15-5-3-4-14(10-15)12-22/h3-11H,2,13H2,1H3. The minimum atomic E-state index is 0.507. The molecule has 0 spiro atoms. The Kier molecular flexibility index (Phi) is 6.11. The molecule has 2 aromatic carbocycles. The van der Waals surface area contributed by atoms with Gasteiger partial charge in [0, 0.05) is 22.5 Å². The number of rotatable bonds is 6. The molecule has 4 nitrogen and oxygen atoms in total. The van der Waals surface area contributed by atoms with Crippen LogP contribution < -0.4 is 4.74 Å².